The van der Waals surface area contributed by atoms with E-state index in [1.54, 1.807) is 37.5 Å². The first-order valence-corrected chi connectivity index (χ1v) is 24.3. The fraction of sp³-hybridized carbons (Fsp3) is 0.472. The highest BCUT2D eigenvalue weighted by Crippen LogP contribution is 2.73. The molecule has 1 saturated heterocycles. The lowest BCUT2D eigenvalue weighted by atomic mass is 9.51. The van der Waals surface area contributed by atoms with Gasteiger partial charge in [0, 0.05) is 51.4 Å². The minimum atomic E-state index is -2.43. The van der Waals surface area contributed by atoms with Gasteiger partial charge in [0.1, 0.15) is 35.9 Å². The molecule has 4 aromatic rings. The highest BCUT2D eigenvalue weighted by atomic mass is 16.7. The molecule has 348 valence electrons. The molecule has 4 fully saturated rings. The van der Waals surface area contributed by atoms with Gasteiger partial charge in [0.2, 0.25) is 5.78 Å². The van der Waals surface area contributed by atoms with Crippen LogP contribution in [0.25, 0.3) is 21.7 Å². The molecule has 2 aromatic heterocycles. The van der Waals surface area contributed by atoms with Gasteiger partial charge < -0.3 is 50.4 Å². The molecule has 5 aliphatic heterocycles. The van der Waals surface area contributed by atoms with Crippen molar-refractivity contribution in [1.82, 2.24) is 9.97 Å². The number of aromatic amines is 1. The molecular formula is C53H52N5O10+. The number of nitrogens with one attached hydrogen (secondary N) is 2. The molecule has 8 bridgehead atoms. The normalized spacial score (nSPS) is 36.7. The van der Waals surface area contributed by atoms with Gasteiger partial charge in [-0.05, 0) is 128 Å². The van der Waals surface area contributed by atoms with Crippen molar-refractivity contribution in [3.05, 3.63) is 117 Å². The number of H-pyrrole nitrogens is 1. The van der Waals surface area contributed by atoms with Crippen molar-refractivity contribution in [1.29, 1.82) is 0 Å². The van der Waals surface area contributed by atoms with E-state index < -0.39 is 64.3 Å². The number of pyridine rings is 1. The highest BCUT2D eigenvalue weighted by molar-refractivity contribution is 6.34. The number of aliphatic hydroxyl groups is 5. The van der Waals surface area contributed by atoms with Gasteiger partial charge in [-0.3, -0.25) is 14.9 Å². The summed E-state index contributed by atoms with van der Waals surface area (Å²) >= 11 is 0. The number of anilines is 1. The quantitative estimate of drug-likeness (QED) is 0.0970. The highest BCUT2D eigenvalue weighted by Gasteiger charge is 2.76. The van der Waals surface area contributed by atoms with Crippen molar-refractivity contribution in [3.8, 4) is 11.5 Å². The average Bonchev–Trinajstić information content (AvgIpc) is 4.19. The molecule has 0 amide bonds. The van der Waals surface area contributed by atoms with Gasteiger partial charge in [0.25, 0.3) is 5.79 Å². The second-order valence-electron chi connectivity index (χ2n) is 21.8. The number of hydrogen-bond acceptors (Lipinski definition) is 13. The SMILES string of the molecule is Cc1cc(O)c2c(c1)C(=O)c1c(c3cc4c(nccc14)NC[C@H](O)[C@@]14CCC[C@H]1c1cc(C[C+]5C=N[CH+][N-]5)[nH]c1C1=C[C@@]5(O3)O[C@@]3(C1=C4C[C@]1(CCC4(CCCC4)C1)[C@H]3O)[C@@H](O)[C@H](O)[C@H]5O)C2=O. The predicted octanol–water partition coefficient (Wildman–Crippen LogP) is 5.87. The predicted molar refractivity (Wildman–Crippen MR) is 247 cm³/mol. The topological polar surface area (TPSA) is 241 Å². The van der Waals surface area contributed by atoms with Gasteiger partial charge in [-0.15, -0.1) is 0 Å². The van der Waals surface area contributed by atoms with E-state index in [0.717, 1.165) is 61.4 Å². The van der Waals surface area contributed by atoms with Crippen LogP contribution in [0.15, 0.2) is 58.7 Å². The Hall–Kier alpha value is -5.52. The summed E-state index contributed by atoms with van der Waals surface area (Å²) in [6.07, 6.45) is 5.59. The van der Waals surface area contributed by atoms with E-state index in [1.165, 1.54) is 18.8 Å². The van der Waals surface area contributed by atoms with Gasteiger partial charge in [-0.2, -0.15) is 0 Å². The lowest BCUT2D eigenvalue weighted by Crippen LogP contribution is -2.78. The van der Waals surface area contributed by atoms with Crippen LogP contribution in [0, 0.1) is 35.9 Å². The molecule has 8 N–H and O–H groups in total. The molecule has 10 atom stereocenters. The van der Waals surface area contributed by atoms with E-state index in [-0.39, 0.29) is 51.6 Å². The zero-order chi connectivity index (χ0) is 46.4. The molecule has 5 spiro atoms. The molecule has 11 aliphatic rings. The Morgan fingerprint density at radius 3 is 2.59 bits per heavy atom. The first-order valence-electron chi connectivity index (χ1n) is 24.3. The van der Waals surface area contributed by atoms with E-state index >= 15 is 4.79 Å². The molecule has 15 rings (SSSR count). The Bertz CT molecular complexity index is 3060. The molecule has 68 heavy (non-hydrogen) atoms. The first-order chi connectivity index (χ1) is 32.7. The van der Waals surface area contributed by atoms with E-state index in [9.17, 15) is 35.4 Å². The standard InChI is InChI=1S/C53H51N5O10/c1-24-13-30-37(34(59)14-24)43(62)39-35-17-28-27(38(39)42(30)61)6-12-55-47(28)56-21-36(60)51-9-4-5-32(51)29-16-25(15-26-20-54-23-57-26)58-41(29)31-18-52(67-35)45(64)44(63)46(65)53(68-52)40(31)33(51)19-50(48(53)66)11-10-49(22-50)7-2-3-8-49/h6,12-14,16-18,20,23,32,36,44-46,48,58,60,63-66H,2-5,7-11,15,19,21-22H2,1H3,(H-,55,56,59,61,62)/p+1/t32-,36-,44+,45+,46-,48+,50-,51-,52+,53-/m0/s1. The lowest BCUT2D eigenvalue weighted by Gasteiger charge is -2.64. The number of benzene rings is 2. The number of nitrogens with zero attached hydrogens (tertiary/aromatic N) is 3. The summed E-state index contributed by atoms with van der Waals surface area (Å²) < 4.78 is 14.5. The van der Waals surface area contributed by atoms with Crippen molar-refractivity contribution in [2.24, 2.45) is 21.2 Å². The third-order valence-electron chi connectivity index (χ3n) is 18.4. The molecule has 0 radical (unpaired) electrons. The number of hydrogen-bond donors (Lipinski definition) is 8. The largest absolute Gasteiger partial charge is 0.507 e. The van der Waals surface area contributed by atoms with Crippen molar-refractivity contribution in [3.63, 3.8) is 0 Å². The molecule has 2 aromatic carbocycles. The Labute approximate surface area is 391 Å². The monoisotopic (exact) mass is 918 g/mol. The van der Waals surface area contributed by atoms with Crippen LogP contribution < -0.4 is 10.1 Å². The zero-order valence-electron chi connectivity index (χ0n) is 37.5. The summed E-state index contributed by atoms with van der Waals surface area (Å²) in [4.78, 5) is 42.7. The van der Waals surface area contributed by atoms with E-state index in [1.807, 2.05) is 0 Å². The number of phenolic OH excluding ortho intramolecular Hbond substituents is 1. The Morgan fingerprint density at radius 1 is 0.941 bits per heavy atom. The van der Waals surface area contributed by atoms with Gasteiger partial charge in [0.05, 0.1) is 35.7 Å². The summed E-state index contributed by atoms with van der Waals surface area (Å²) in [5, 5.41) is 85.4. The van der Waals surface area contributed by atoms with Crippen LogP contribution in [0.1, 0.15) is 131 Å². The average molecular weight is 919 g/mol. The maximum Gasteiger partial charge on any atom is 0.301 e. The van der Waals surface area contributed by atoms with Crippen LogP contribution in [-0.4, -0.2) is 107 Å². The fourth-order valence-electron chi connectivity index (χ4n) is 15.7. The number of aryl methyl sites for hydroxylation is 1. The number of carbonyl (C=O) groups excluding carboxylic acids is 2. The number of phenols is 1. The lowest BCUT2D eigenvalue weighted by molar-refractivity contribution is -0.366. The van der Waals surface area contributed by atoms with Crippen molar-refractivity contribution >= 4 is 39.9 Å². The summed E-state index contributed by atoms with van der Waals surface area (Å²) in [6.45, 7) is 3.22. The van der Waals surface area contributed by atoms with Crippen molar-refractivity contribution < 1.29 is 49.7 Å². The van der Waals surface area contributed by atoms with Crippen LogP contribution >= 0.6 is 0 Å². The Morgan fingerprint density at radius 2 is 1.78 bits per heavy atom. The second-order valence-corrected chi connectivity index (χ2v) is 21.8. The van der Waals surface area contributed by atoms with Crippen molar-refractivity contribution in [2.75, 3.05) is 11.9 Å². The first kappa shape index (κ1) is 41.5. The zero-order valence-corrected chi connectivity index (χ0v) is 37.5. The number of ketones is 2. The number of aromatic hydroxyl groups is 1. The smallest absolute Gasteiger partial charge is 0.301 e. The van der Waals surface area contributed by atoms with E-state index in [0.29, 0.717) is 77.5 Å². The Balaban J connectivity index is 1.09. The van der Waals surface area contributed by atoms with Crippen LogP contribution in [-0.2, 0) is 11.2 Å². The molecule has 15 nitrogen and oxygen atoms in total. The van der Waals surface area contributed by atoms with Crippen LogP contribution in [0.2, 0.25) is 0 Å². The summed E-state index contributed by atoms with van der Waals surface area (Å²) in [6, 6.07) is 9.00. The number of fused-ring (bicyclic) bond motifs is 7. The summed E-state index contributed by atoms with van der Waals surface area (Å²) in [7, 11) is 0. The molecular weight excluding hydrogens is 867 g/mol. The Kier molecular flexibility index (Phi) is 8.30. The fourth-order valence-corrected chi connectivity index (χ4v) is 15.7. The number of aromatic nitrogens is 2. The molecule has 7 heterocycles. The van der Waals surface area contributed by atoms with Crippen LogP contribution in [0.5, 0.6) is 11.5 Å². The molecule has 0 unspecified atom stereocenters. The third-order valence-corrected chi connectivity index (χ3v) is 18.4. The second kappa shape index (κ2) is 13.6. The molecule has 3 saturated carbocycles. The minimum absolute atomic E-state index is 0.00535. The third kappa shape index (κ3) is 5.02. The van der Waals surface area contributed by atoms with E-state index in [2.05, 4.69) is 26.7 Å². The number of aliphatic hydroxyl groups excluding tert-OH is 5. The van der Waals surface area contributed by atoms with Gasteiger partial charge in [0.15, 0.2) is 23.5 Å². The van der Waals surface area contributed by atoms with Gasteiger partial charge in [-0.25, -0.2) is 4.98 Å². The number of aliphatic imine (C=N–C) groups is 1. The number of rotatable bonds is 2. The van der Waals surface area contributed by atoms with Gasteiger partial charge >= 0.3 is 6.21 Å². The van der Waals surface area contributed by atoms with Crippen LogP contribution in [0.4, 0.5) is 5.82 Å². The molecule has 6 aliphatic carbocycles. The molecule has 15 heteroatoms. The number of ether oxygens (including phenoxy) is 2. The van der Waals surface area contributed by atoms with Crippen molar-refractivity contribution in [2.45, 2.75) is 132 Å². The number of carbonyl (C=O) groups is 2. The van der Waals surface area contributed by atoms with Gasteiger partial charge in [-0.1, -0.05) is 29.8 Å². The van der Waals surface area contributed by atoms with E-state index in [4.69, 9.17) is 14.5 Å². The summed E-state index contributed by atoms with van der Waals surface area (Å²) in [5.41, 5.74) is 0.249. The maximum absolute atomic E-state index is 15.1. The van der Waals surface area contributed by atoms with Crippen LogP contribution in [0.3, 0.4) is 0 Å². The minimum Gasteiger partial charge on any atom is -0.507 e. The maximum atomic E-state index is 15.1. The summed E-state index contributed by atoms with van der Waals surface area (Å²) in [5.74, 6) is -4.27.